The van der Waals surface area contributed by atoms with Crippen LogP contribution in [0.25, 0.3) is 0 Å². The molecule has 0 radical (unpaired) electrons. The highest BCUT2D eigenvalue weighted by molar-refractivity contribution is 7.89. The van der Waals surface area contributed by atoms with Crippen molar-refractivity contribution in [1.29, 1.82) is 0 Å². The zero-order chi connectivity index (χ0) is 19.3. The zero-order valence-electron chi connectivity index (χ0n) is 14.6. The van der Waals surface area contributed by atoms with Gasteiger partial charge in [-0.25, -0.2) is 8.42 Å². The number of sulfonamides is 1. The Balaban J connectivity index is 1.77. The lowest BCUT2D eigenvalue weighted by atomic mass is 10.3. The van der Waals surface area contributed by atoms with E-state index in [1.165, 1.54) is 10.4 Å². The van der Waals surface area contributed by atoms with Gasteiger partial charge in [0.15, 0.2) is 6.61 Å². The number of nitrogens with zero attached hydrogens (tertiary/aromatic N) is 1. The maximum Gasteiger partial charge on any atom is 0.257 e. The monoisotopic (exact) mass is 424 g/mol. The van der Waals surface area contributed by atoms with Gasteiger partial charge in [-0.05, 0) is 26.0 Å². The molecule has 0 bridgehead atoms. The Bertz CT molecular complexity index is 734. The number of morpholine rings is 1. The number of nitrogens with one attached hydrogen (secondary N) is 1. The van der Waals surface area contributed by atoms with Crippen LogP contribution in [-0.4, -0.2) is 62.8 Å². The van der Waals surface area contributed by atoms with Crippen molar-refractivity contribution in [3.8, 4) is 5.75 Å². The highest BCUT2D eigenvalue weighted by Crippen LogP contribution is 2.27. The average Bonchev–Trinajstić information content (AvgIpc) is 2.54. The number of hydrogen-bond donors (Lipinski definition) is 1. The van der Waals surface area contributed by atoms with Gasteiger partial charge in [0.1, 0.15) is 5.75 Å². The van der Waals surface area contributed by atoms with E-state index in [1.807, 2.05) is 13.8 Å². The van der Waals surface area contributed by atoms with E-state index in [9.17, 15) is 13.2 Å². The van der Waals surface area contributed by atoms with Gasteiger partial charge in [-0.1, -0.05) is 23.2 Å². The maximum atomic E-state index is 12.4. The molecule has 1 heterocycles. The summed E-state index contributed by atoms with van der Waals surface area (Å²) in [4.78, 5) is 11.8. The van der Waals surface area contributed by atoms with Gasteiger partial charge in [-0.2, -0.15) is 4.31 Å². The fourth-order valence-corrected chi connectivity index (χ4v) is 4.42. The van der Waals surface area contributed by atoms with Crippen LogP contribution in [0.4, 0.5) is 0 Å². The molecule has 0 saturated carbocycles. The lowest BCUT2D eigenvalue weighted by molar-refractivity contribution is -0.122. The Morgan fingerprint density at radius 1 is 1.31 bits per heavy atom. The van der Waals surface area contributed by atoms with E-state index in [2.05, 4.69) is 5.32 Å². The van der Waals surface area contributed by atoms with Crippen molar-refractivity contribution in [2.75, 3.05) is 32.0 Å². The molecule has 1 N–H and O–H groups in total. The van der Waals surface area contributed by atoms with Crippen LogP contribution < -0.4 is 10.1 Å². The van der Waals surface area contributed by atoms with Crippen molar-refractivity contribution in [3.05, 3.63) is 28.2 Å². The van der Waals surface area contributed by atoms with Gasteiger partial charge >= 0.3 is 0 Å². The summed E-state index contributed by atoms with van der Waals surface area (Å²) in [7, 11) is -3.47. The molecule has 1 aromatic rings. The molecule has 1 saturated heterocycles. The van der Waals surface area contributed by atoms with E-state index < -0.39 is 15.9 Å². The second-order valence-electron chi connectivity index (χ2n) is 6.10. The molecule has 1 aliphatic rings. The normalized spacial score (nSPS) is 21.4. The van der Waals surface area contributed by atoms with Crippen LogP contribution >= 0.6 is 23.2 Å². The number of benzene rings is 1. The summed E-state index contributed by atoms with van der Waals surface area (Å²) in [6.07, 6.45) is -0.307. The number of carbonyl (C=O) groups is 1. The van der Waals surface area contributed by atoms with Gasteiger partial charge in [0.25, 0.3) is 5.91 Å². The Hall–Kier alpha value is -1.06. The fourth-order valence-electron chi connectivity index (χ4n) is 2.59. The number of amides is 1. The van der Waals surface area contributed by atoms with E-state index in [1.54, 1.807) is 12.1 Å². The maximum absolute atomic E-state index is 12.4. The van der Waals surface area contributed by atoms with Crippen LogP contribution in [0.2, 0.25) is 10.0 Å². The highest BCUT2D eigenvalue weighted by Gasteiger charge is 2.30. The van der Waals surface area contributed by atoms with E-state index >= 15 is 0 Å². The molecule has 146 valence electrons. The molecular formula is C16H22Cl2N2O5S. The summed E-state index contributed by atoms with van der Waals surface area (Å²) in [6, 6.07) is 4.67. The molecule has 2 atom stereocenters. The summed E-state index contributed by atoms with van der Waals surface area (Å²) in [6.45, 7) is 4.00. The smallest absolute Gasteiger partial charge is 0.257 e. The topological polar surface area (TPSA) is 84.9 Å². The summed E-state index contributed by atoms with van der Waals surface area (Å²) < 4.78 is 37.0. The zero-order valence-corrected chi connectivity index (χ0v) is 16.9. The molecule has 0 spiro atoms. The summed E-state index contributed by atoms with van der Waals surface area (Å²) in [5, 5.41) is 3.30. The molecule has 2 unspecified atom stereocenters. The van der Waals surface area contributed by atoms with Gasteiger partial charge in [0, 0.05) is 30.7 Å². The van der Waals surface area contributed by atoms with Crippen molar-refractivity contribution < 1.29 is 22.7 Å². The van der Waals surface area contributed by atoms with E-state index in [0.717, 1.165) is 0 Å². The lowest BCUT2D eigenvalue weighted by Gasteiger charge is -2.34. The van der Waals surface area contributed by atoms with Crippen molar-refractivity contribution in [2.24, 2.45) is 0 Å². The first-order valence-electron chi connectivity index (χ1n) is 8.15. The minimum atomic E-state index is -3.47. The second-order valence-corrected chi connectivity index (χ2v) is 9.04. The molecule has 0 aliphatic carbocycles. The van der Waals surface area contributed by atoms with Gasteiger partial charge in [-0.3, -0.25) is 4.79 Å². The molecule has 0 aromatic heterocycles. The van der Waals surface area contributed by atoms with E-state index in [-0.39, 0.29) is 31.1 Å². The van der Waals surface area contributed by atoms with E-state index in [0.29, 0.717) is 28.9 Å². The summed E-state index contributed by atoms with van der Waals surface area (Å²) in [5.74, 6) is -0.339. The van der Waals surface area contributed by atoms with Crippen molar-refractivity contribution in [3.63, 3.8) is 0 Å². The second kappa shape index (κ2) is 9.23. The molecule has 1 fully saturated rings. The largest absolute Gasteiger partial charge is 0.482 e. The van der Waals surface area contributed by atoms with Gasteiger partial charge in [0.05, 0.1) is 23.0 Å². The summed E-state index contributed by atoms with van der Waals surface area (Å²) >= 11 is 11.8. The third kappa shape index (κ3) is 6.28. The molecular weight excluding hydrogens is 403 g/mol. The number of halogens is 2. The Morgan fingerprint density at radius 3 is 2.62 bits per heavy atom. The minimum Gasteiger partial charge on any atom is -0.482 e. The van der Waals surface area contributed by atoms with Crippen LogP contribution in [0.1, 0.15) is 13.8 Å². The Labute approximate surface area is 163 Å². The standard InChI is InChI=1S/C16H22Cl2N2O5S/c1-11-8-20(9-12(2)25-11)26(22,23)6-5-19-16(21)10-24-15-7-13(17)3-4-14(15)18/h3-4,7,11-12H,5-6,8-10H2,1-2H3,(H,19,21). The molecule has 1 amide bonds. The first-order chi connectivity index (χ1) is 12.2. The van der Waals surface area contributed by atoms with Crippen LogP contribution in [0.5, 0.6) is 5.75 Å². The molecule has 1 aliphatic heterocycles. The predicted octanol–water partition coefficient (Wildman–Crippen LogP) is 1.93. The molecule has 26 heavy (non-hydrogen) atoms. The molecule has 7 nitrogen and oxygen atoms in total. The number of rotatable bonds is 7. The van der Waals surface area contributed by atoms with Gasteiger partial charge in [-0.15, -0.1) is 0 Å². The van der Waals surface area contributed by atoms with Crippen molar-refractivity contribution in [2.45, 2.75) is 26.1 Å². The van der Waals surface area contributed by atoms with Gasteiger partial charge < -0.3 is 14.8 Å². The summed E-state index contributed by atoms with van der Waals surface area (Å²) in [5.41, 5.74) is 0. The van der Waals surface area contributed by atoms with Gasteiger partial charge in [0.2, 0.25) is 10.0 Å². The molecule has 10 heteroatoms. The first kappa shape index (κ1) is 21.2. The van der Waals surface area contributed by atoms with Crippen LogP contribution in [-0.2, 0) is 19.6 Å². The van der Waals surface area contributed by atoms with Crippen molar-refractivity contribution in [1.82, 2.24) is 9.62 Å². The SMILES string of the molecule is CC1CN(S(=O)(=O)CCNC(=O)COc2cc(Cl)ccc2Cl)CC(C)O1. The van der Waals surface area contributed by atoms with Crippen LogP contribution in [0.3, 0.4) is 0 Å². The number of ether oxygens (including phenoxy) is 2. The number of carbonyl (C=O) groups excluding carboxylic acids is 1. The van der Waals surface area contributed by atoms with Crippen LogP contribution in [0.15, 0.2) is 18.2 Å². The van der Waals surface area contributed by atoms with E-state index in [4.69, 9.17) is 32.7 Å². The first-order valence-corrected chi connectivity index (χ1v) is 10.5. The number of hydrogen-bond acceptors (Lipinski definition) is 5. The Kier molecular flexibility index (Phi) is 7.54. The lowest BCUT2D eigenvalue weighted by Crippen LogP contribution is -2.49. The quantitative estimate of drug-likeness (QED) is 0.722. The third-order valence-electron chi connectivity index (χ3n) is 3.71. The third-order valence-corrected chi connectivity index (χ3v) is 6.07. The minimum absolute atomic E-state index is 0.00603. The Morgan fingerprint density at radius 2 is 1.96 bits per heavy atom. The fraction of sp³-hybridized carbons (Fsp3) is 0.562. The highest BCUT2D eigenvalue weighted by atomic mass is 35.5. The average molecular weight is 425 g/mol. The molecule has 2 rings (SSSR count). The molecule has 1 aromatic carbocycles. The van der Waals surface area contributed by atoms with Crippen LogP contribution in [0, 0.1) is 0 Å². The predicted molar refractivity (Wildman–Crippen MR) is 100 cm³/mol. The van der Waals surface area contributed by atoms with Crippen molar-refractivity contribution >= 4 is 39.1 Å².